The molecule has 0 amide bonds. The molecule has 2 aliphatic rings. The molecule has 1 saturated carbocycles. The molecular formula is C14H20N2O2S. The molecule has 1 saturated heterocycles. The predicted octanol–water partition coefficient (Wildman–Crippen LogP) is 2.93. The molecule has 1 aromatic rings. The number of thiazole rings is 1. The lowest BCUT2D eigenvalue weighted by molar-refractivity contribution is -0.136. The number of carboxylic acid groups (broad SMARTS) is 1. The molecule has 5 heteroatoms. The van der Waals surface area contributed by atoms with Crippen molar-refractivity contribution in [3.05, 3.63) is 11.1 Å². The number of hydrogen-bond acceptors (Lipinski definition) is 4. The molecule has 2 fully saturated rings. The first-order chi connectivity index (χ1) is 9.24. The van der Waals surface area contributed by atoms with Crippen molar-refractivity contribution in [1.82, 2.24) is 4.98 Å². The van der Waals surface area contributed by atoms with Crippen molar-refractivity contribution in [3.63, 3.8) is 0 Å². The molecule has 0 bridgehead atoms. The second-order valence-corrected chi connectivity index (χ2v) is 6.45. The quantitative estimate of drug-likeness (QED) is 0.921. The second kappa shape index (κ2) is 5.49. The lowest BCUT2D eigenvalue weighted by Crippen LogP contribution is -2.42. The Hall–Kier alpha value is -1.10. The SMILES string of the molecule is O=C(O)CCc1csc(N2CCCC3CCCC32)n1. The largest absolute Gasteiger partial charge is 0.481 e. The van der Waals surface area contributed by atoms with Gasteiger partial charge in [0, 0.05) is 24.4 Å². The lowest BCUT2D eigenvalue weighted by Gasteiger charge is -2.37. The molecular weight excluding hydrogens is 260 g/mol. The van der Waals surface area contributed by atoms with Crippen LogP contribution in [-0.2, 0) is 11.2 Å². The van der Waals surface area contributed by atoms with Crippen LogP contribution in [0.4, 0.5) is 5.13 Å². The third-order valence-corrected chi connectivity index (χ3v) is 5.30. The number of rotatable bonds is 4. The van der Waals surface area contributed by atoms with Gasteiger partial charge in [0.2, 0.25) is 0 Å². The number of hydrogen-bond donors (Lipinski definition) is 1. The fourth-order valence-electron chi connectivity index (χ4n) is 3.47. The number of piperidine rings is 1. The average molecular weight is 280 g/mol. The van der Waals surface area contributed by atoms with Gasteiger partial charge in [0.05, 0.1) is 12.1 Å². The molecule has 2 unspecified atom stereocenters. The summed E-state index contributed by atoms with van der Waals surface area (Å²) in [4.78, 5) is 17.7. The molecule has 19 heavy (non-hydrogen) atoms. The fraction of sp³-hybridized carbons (Fsp3) is 0.714. The number of carbonyl (C=O) groups is 1. The highest BCUT2D eigenvalue weighted by Gasteiger charge is 2.36. The van der Waals surface area contributed by atoms with Crippen molar-refractivity contribution in [2.75, 3.05) is 11.4 Å². The van der Waals surface area contributed by atoms with Crippen molar-refractivity contribution in [1.29, 1.82) is 0 Å². The minimum absolute atomic E-state index is 0.176. The third kappa shape index (κ3) is 2.76. The lowest BCUT2D eigenvalue weighted by atomic mass is 9.92. The number of aromatic nitrogens is 1. The summed E-state index contributed by atoms with van der Waals surface area (Å²) in [6.07, 6.45) is 7.39. The molecule has 104 valence electrons. The molecule has 4 nitrogen and oxygen atoms in total. The van der Waals surface area contributed by atoms with E-state index in [0.29, 0.717) is 12.5 Å². The van der Waals surface area contributed by atoms with Gasteiger partial charge in [-0.3, -0.25) is 4.79 Å². The Labute approximate surface area is 117 Å². The van der Waals surface area contributed by atoms with Gasteiger partial charge in [0.15, 0.2) is 5.13 Å². The first-order valence-electron chi connectivity index (χ1n) is 7.17. The van der Waals surface area contributed by atoms with Crippen LogP contribution in [0.15, 0.2) is 5.38 Å². The van der Waals surface area contributed by atoms with E-state index < -0.39 is 5.97 Å². The monoisotopic (exact) mass is 280 g/mol. The highest BCUT2D eigenvalue weighted by atomic mass is 32.1. The van der Waals surface area contributed by atoms with Crippen LogP contribution >= 0.6 is 11.3 Å². The molecule has 2 atom stereocenters. The van der Waals surface area contributed by atoms with E-state index >= 15 is 0 Å². The molecule has 1 N–H and O–H groups in total. The molecule has 3 rings (SSSR count). The Morgan fingerprint density at radius 3 is 3.11 bits per heavy atom. The number of aryl methyl sites for hydroxylation is 1. The molecule has 0 spiro atoms. The molecule has 2 heterocycles. The molecule has 1 aromatic heterocycles. The summed E-state index contributed by atoms with van der Waals surface area (Å²) >= 11 is 1.68. The molecule has 0 radical (unpaired) electrons. The van der Waals surface area contributed by atoms with Gasteiger partial charge in [-0.05, 0) is 31.6 Å². The highest BCUT2D eigenvalue weighted by Crippen LogP contribution is 2.39. The van der Waals surface area contributed by atoms with E-state index in [-0.39, 0.29) is 6.42 Å². The normalized spacial score (nSPS) is 26.4. The Kier molecular flexibility index (Phi) is 3.73. The zero-order valence-corrected chi connectivity index (χ0v) is 11.9. The maximum atomic E-state index is 10.6. The van der Waals surface area contributed by atoms with Crippen LogP contribution in [0.25, 0.3) is 0 Å². The third-order valence-electron chi connectivity index (χ3n) is 4.37. The standard InChI is InChI=1S/C14H20N2O2S/c17-13(18)7-6-11-9-19-14(15-11)16-8-2-4-10-3-1-5-12(10)16/h9-10,12H,1-8H2,(H,17,18). The van der Waals surface area contributed by atoms with Gasteiger partial charge < -0.3 is 10.0 Å². The zero-order valence-electron chi connectivity index (χ0n) is 11.0. The summed E-state index contributed by atoms with van der Waals surface area (Å²) in [7, 11) is 0. The van der Waals surface area contributed by atoms with Crippen molar-refractivity contribution >= 4 is 22.4 Å². The summed E-state index contributed by atoms with van der Waals surface area (Å²) in [5, 5.41) is 11.9. The maximum Gasteiger partial charge on any atom is 0.303 e. The van der Waals surface area contributed by atoms with Gasteiger partial charge in [-0.2, -0.15) is 0 Å². The Bertz CT molecular complexity index is 460. The minimum atomic E-state index is -0.747. The average Bonchev–Trinajstić information content (AvgIpc) is 3.04. The first-order valence-corrected chi connectivity index (χ1v) is 8.05. The summed E-state index contributed by atoms with van der Waals surface area (Å²) in [6.45, 7) is 1.12. The molecule has 0 aromatic carbocycles. The number of carboxylic acids is 1. The van der Waals surface area contributed by atoms with Gasteiger partial charge in [-0.15, -0.1) is 11.3 Å². The van der Waals surface area contributed by atoms with Crippen LogP contribution in [0.2, 0.25) is 0 Å². The van der Waals surface area contributed by atoms with E-state index in [1.807, 2.05) is 5.38 Å². The van der Waals surface area contributed by atoms with E-state index in [1.54, 1.807) is 11.3 Å². The number of nitrogens with zero attached hydrogens (tertiary/aromatic N) is 2. The van der Waals surface area contributed by atoms with Gasteiger partial charge >= 0.3 is 5.97 Å². The zero-order chi connectivity index (χ0) is 13.2. The van der Waals surface area contributed by atoms with E-state index in [1.165, 1.54) is 32.1 Å². The Morgan fingerprint density at radius 2 is 2.26 bits per heavy atom. The van der Waals surface area contributed by atoms with Gasteiger partial charge in [-0.1, -0.05) is 6.42 Å². The summed E-state index contributed by atoms with van der Waals surface area (Å²) in [6, 6.07) is 0.687. The summed E-state index contributed by atoms with van der Waals surface area (Å²) in [5.41, 5.74) is 0.933. The van der Waals surface area contributed by atoms with Crippen molar-refractivity contribution < 1.29 is 9.90 Å². The molecule has 1 aliphatic heterocycles. The first kappa shape index (κ1) is 12.9. The minimum Gasteiger partial charge on any atom is -0.481 e. The van der Waals surface area contributed by atoms with Crippen molar-refractivity contribution in [3.8, 4) is 0 Å². The van der Waals surface area contributed by atoms with Gasteiger partial charge in [-0.25, -0.2) is 4.98 Å². The molecule has 1 aliphatic carbocycles. The summed E-state index contributed by atoms with van der Waals surface area (Å²) < 4.78 is 0. The van der Waals surface area contributed by atoms with Crippen LogP contribution in [0.1, 0.15) is 44.2 Å². The van der Waals surface area contributed by atoms with Gasteiger partial charge in [0.25, 0.3) is 0 Å². The van der Waals surface area contributed by atoms with Crippen LogP contribution in [-0.4, -0.2) is 28.6 Å². The van der Waals surface area contributed by atoms with Gasteiger partial charge in [0.1, 0.15) is 0 Å². The maximum absolute atomic E-state index is 10.6. The number of aliphatic carboxylic acids is 1. The fourth-order valence-corrected chi connectivity index (χ4v) is 4.41. The van der Waals surface area contributed by atoms with Crippen LogP contribution in [0.5, 0.6) is 0 Å². The topological polar surface area (TPSA) is 53.4 Å². The second-order valence-electron chi connectivity index (χ2n) is 5.61. The van der Waals surface area contributed by atoms with Crippen LogP contribution in [0, 0.1) is 5.92 Å². The van der Waals surface area contributed by atoms with Crippen LogP contribution < -0.4 is 4.90 Å². The number of anilines is 1. The Balaban J connectivity index is 1.69. The smallest absolute Gasteiger partial charge is 0.303 e. The highest BCUT2D eigenvalue weighted by molar-refractivity contribution is 7.13. The number of fused-ring (bicyclic) bond motifs is 1. The predicted molar refractivity (Wildman–Crippen MR) is 75.8 cm³/mol. The van der Waals surface area contributed by atoms with E-state index in [2.05, 4.69) is 9.88 Å². The Morgan fingerprint density at radius 1 is 1.42 bits per heavy atom. The van der Waals surface area contributed by atoms with E-state index in [0.717, 1.165) is 23.3 Å². The van der Waals surface area contributed by atoms with Crippen LogP contribution in [0.3, 0.4) is 0 Å². The van der Waals surface area contributed by atoms with E-state index in [9.17, 15) is 4.79 Å². The summed E-state index contributed by atoms with van der Waals surface area (Å²) in [5.74, 6) is 0.114. The van der Waals surface area contributed by atoms with E-state index in [4.69, 9.17) is 5.11 Å². The van der Waals surface area contributed by atoms with Crippen molar-refractivity contribution in [2.45, 2.75) is 51.0 Å². The van der Waals surface area contributed by atoms with Crippen molar-refractivity contribution in [2.24, 2.45) is 5.92 Å².